The van der Waals surface area contributed by atoms with Crippen molar-refractivity contribution in [1.82, 2.24) is 24.4 Å². The molecule has 0 radical (unpaired) electrons. The van der Waals surface area contributed by atoms with Crippen molar-refractivity contribution >= 4 is 5.91 Å². The summed E-state index contributed by atoms with van der Waals surface area (Å²) in [5, 5.41) is 0. The van der Waals surface area contributed by atoms with E-state index in [2.05, 4.69) is 19.5 Å². The summed E-state index contributed by atoms with van der Waals surface area (Å²) in [6, 6.07) is 15.7. The molecule has 1 atom stereocenters. The largest absolute Gasteiger partial charge is 0.437 e. The van der Waals surface area contributed by atoms with Gasteiger partial charge in [0.25, 0.3) is 5.91 Å². The minimum atomic E-state index is 0.0455. The highest BCUT2D eigenvalue weighted by Crippen LogP contribution is 2.34. The number of benzene rings is 2. The Labute approximate surface area is 205 Å². The van der Waals surface area contributed by atoms with Gasteiger partial charge in [-0.2, -0.15) is 0 Å². The molecule has 0 N–H and O–H groups in total. The molecule has 1 saturated heterocycles. The van der Waals surface area contributed by atoms with Gasteiger partial charge in [0, 0.05) is 55.9 Å². The molecule has 7 nitrogen and oxygen atoms in total. The van der Waals surface area contributed by atoms with Gasteiger partial charge in [0.1, 0.15) is 17.3 Å². The average molecular weight is 468 g/mol. The number of hydrogen-bond acceptors (Lipinski definition) is 5. The van der Waals surface area contributed by atoms with Gasteiger partial charge in [0.2, 0.25) is 5.88 Å². The molecule has 4 aromatic rings. The molecule has 3 heterocycles. The Morgan fingerprint density at radius 2 is 1.89 bits per heavy atom. The van der Waals surface area contributed by atoms with Gasteiger partial charge in [-0.05, 0) is 56.0 Å². The van der Waals surface area contributed by atoms with Crippen molar-refractivity contribution in [3.05, 3.63) is 102 Å². The number of carbonyl (C=O) groups excluding carboxylic acids is 1. The van der Waals surface area contributed by atoms with Gasteiger partial charge < -0.3 is 14.2 Å². The summed E-state index contributed by atoms with van der Waals surface area (Å²) >= 11 is 0. The maximum atomic E-state index is 13.5. The lowest BCUT2D eigenvalue weighted by Crippen LogP contribution is -2.39. The summed E-state index contributed by atoms with van der Waals surface area (Å²) in [5.74, 6) is 2.34. The van der Waals surface area contributed by atoms with Gasteiger partial charge in [0.15, 0.2) is 0 Å². The third-order valence-electron chi connectivity index (χ3n) is 6.54. The first kappa shape index (κ1) is 22.8. The predicted molar refractivity (Wildman–Crippen MR) is 134 cm³/mol. The van der Waals surface area contributed by atoms with E-state index < -0.39 is 0 Å². The molecule has 0 unspecified atom stereocenters. The zero-order valence-electron chi connectivity index (χ0n) is 20.1. The van der Waals surface area contributed by atoms with Crippen LogP contribution in [0, 0.1) is 13.8 Å². The van der Waals surface area contributed by atoms with E-state index >= 15 is 0 Å². The lowest BCUT2D eigenvalue weighted by molar-refractivity contribution is 0.0704. The molecule has 178 valence electrons. The number of nitrogens with zero attached hydrogens (tertiary/aromatic N) is 5. The van der Waals surface area contributed by atoms with Crippen LogP contribution in [0.15, 0.2) is 73.3 Å². The van der Waals surface area contributed by atoms with Crippen molar-refractivity contribution in [1.29, 1.82) is 0 Å². The molecule has 1 aliphatic rings. The summed E-state index contributed by atoms with van der Waals surface area (Å²) in [7, 11) is 0. The Morgan fingerprint density at radius 3 is 2.71 bits per heavy atom. The van der Waals surface area contributed by atoms with E-state index in [0.717, 1.165) is 47.8 Å². The summed E-state index contributed by atoms with van der Waals surface area (Å²) in [4.78, 5) is 28.8. The van der Waals surface area contributed by atoms with Crippen LogP contribution in [0.3, 0.4) is 0 Å². The summed E-state index contributed by atoms with van der Waals surface area (Å²) in [6.07, 6.45) is 8.94. The van der Waals surface area contributed by atoms with Crippen LogP contribution in [0.1, 0.15) is 51.8 Å². The number of rotatable bonds is 6. The highest BCUT2D eigenvalue weighted by Gasteiger charge is 2.29. The quantitative estimate of drug-likeness (QED) is 0.392. The highest BCUT2D eigenvalue weighted by atomic mass is 16.5. The monoisotopic (exact) mass is 467 g/mol. The second kappa shape index (κ2) is 10.1. The van der Waals surface area contributed by atoms with Gasteiger partial charge >= 0.3 is 0 Å². The molecule has 1 fully saturated rings. The number of piperidine rings is 1. The first-order valence-electron chi connectivity index (χ1n) is 12.0. The predicted octanol–water partition coefficient (Wildman–Crippen LogP) is 5.15. The smallest absolute Gasteiger partial charge is 0.253 e. The van der Waals surface area contributed by atoms with Crippen molar-refractivity contribution in [3.8, 4) is 11.6 Å². The average Bonchev–Trinajstić information content (AvgIpc) is 3.29. The van der Waals surface area contributed by atoms with Crippen LogP contribution in [-0.2, 0) is 6.54 Å². The topological polar surface area (TPSA) is 73.1 Å². The van der Waals surface area contributed by atoms with Crippen molar-refractivity contribution in [2.75, 3.05) is 13.1 Å². The summed E-state index contributed by atoms with van der Waals surface area (Å²) in [6.45, 7) is 6.00. The SMILES string of the molecule is Cc1ccccc1Oc1nccnc1[C@H]1CCCN(C(=O)c2cccc(Cn3ccnc3C)c2)C1. The van der Waals surface area contributed by atoms with Gasteiger partial charge in [-0.15, -0.1) is 0 Å². The fourth-order valence-electron chi connectivity index (χ4n) is 4.61. The number of imidazole rings is 1. The third-order valence-corrected chi connectivity index (χ3v) is 6.54. The van der Waals surface area contributed by atoms with Gasteiger partial charge in [0.05, 0.1) is 0 Å². The number of hydrogen-bond donors (Lipinski definition) is 0. The van der Waals surface area contributed by atoms with Gasteiger partial charge in [-0.3, -0.25) is 9.78 Å². The number of likely N-dealkylation sites (tertiary alicyclic amines) is 1. The maximum Gasteiger partial charge on any atom is 0.253 e. The first-order valence-corrected chi connectivity index (χ1v) is 12.0. The van der Waals surface area contributed by atoms with Crippen molar-refractivity contribution in [3.63, 3.8) is 0 Å². The van der Waals surface area contributed by atoms with E-state index in [1.165, 1.54) is 0 Å². The van der Waals surface area contributed by atoms with E-state index in [1.54, 1.807) is 18.6 Å². The molecule has 0 aliphatic carbocycles. The fraction of sp³-hybridized carbons (Fsp3) is 0.286. The van der Waals surface area contributed by atoms with Crippen LogP contribution >= 0.6 is 0 Å². The van der Waals surface area contributed by atoms with Crippen molar-refractivity contribution in [2.45, 2.75) is 39.2 Å². The molecule has 2 aromatic heterocycles. The lowest BCUT2D eigenvalue weighted by atomic mass is 9.94. The molecule has 0 saturated carbocycles. The molecule has 2 aromatic carbocycles. The van der Waals surface area contributed by atoms with Crippen molar-refractivity contribution < 1.29 is 9.53 Å². The van der Waals surface area contributed by atoms with Crippen LogP contribution in [0.4, 0.5) is 0 Å². The third kappa shape index (κ3) is 5.09. The van der Waals surface area contributed by atoms with Crippen LogP contribution in [0.5, 0.6) is 11.6 Å². The number of aromatic nitrogens is 4. The Bertz CT molecular complexity index is 1330. The Kier molecular flexibility index (Phi) is 6.57. The summed E-state index contributed by atoms with van der Waals surface area (Å²) in [5.41, 5.74) is 3.62. The lowest BCUT2D eigenvalue weighted by Gasteiger charge is -2.33. The second-order valence-electron chi connectivity index (χ2n) is 9.01. The zero-order valence-corrected chi connectivity index (χ0v) is 20.1. The van der Waals surface area contributed by atoms with E-state index in [1.807, 2.05) is 73.5 Å². The Balaban J connectivity index is 1.33. The van der Waals surface area contributed by atoms with Crippen LogP contribution in [0.25, 0.3) is 0 Å². The number of aryl methyl sites for hydroxylation is 2. The van der Waals surface area contributed by atoms with Gasteiger partial charge in [-0.1, -0.05) is 30.3 Å². The number of amides is 1. The molecule has 0 bridgehead atoms. The molecule has 5 rings (SSSR count). The molecular weight excluding hydrogens is 438 g/mol. The standard InChI is InChI=1S/C28H29N5O2/c1-20-7-3-4-11-25(20)35-27-26(30-12-13-31-27)24-10-6-15-33(19-24)28(34)23-9-5-8-22(17-23)18-32-16-14-29-21(32)2/h3-5,7-9,11-14,16-17,24H,6,10,15,18-19H2,1-2H3/t24-/m0/s1. The maximum absolute atomic E-state index is 13.5. The fourth-order valence-corrected chi connectivity index (χ4v) is 4.61. The highest BCUT2D eigenvalue weighted by molar-refractivity contribution is 5.94. The molecule has 35 heavy (non-hydrogen) atoms. The summed E-state index contributed by atoms with van der Waals surface area (Å²) < 4.78 is 8.24. The van der Waals surface area contributed by atoms with Crippen LogP contribution in [0.2, 0.25) is 0 Å². The molecule has 1 amide bonds. The van der Waals surface area contributed by atoms with Crippen LogP contribution < -0.4 is 4.74 Å². The van der Waals surface area contributed by atoms with Crippen LogP contribution in [-0.4, -0.2) is 43.4 Å². The number of para-hydroxylation sites is 1. The van der Waals surface area contributed by atoms with E-state index in [-0.39, 0.29) is 11.8 Å². The minimum absolute atomic E-state index is 0.0455. The van der Waals surface area contributed by atoms with Crippen molar-refractivity contribution in [2.24, 2.45) is 0 Å². The Morgan fingerprint density at radius 1 is 1.03 bits per heavy atom. The minimum Gasteiger partial charge on any atom is -0.437 e. The van der Waals surface area contributed by atoms with E-state index in [9.17, 15) is 4.79 Å². The number of carbonyl (C=O) groups is 1. The number of ether oxygens (including phenoxy) is 1. The van der Waals surface area contributed by atoms with E-state index in [0.29, 0.717) is 24.5 Å². The molecular formula is C28H29N5O2. The first-order chi connectivity index (χ1) is 17.1. The molecule has 0 spiro atoms. The molecule has 1 aliphatic heterocycles. The normalized spacial score (nSPS) is 15.7. The van der Waals surface area contributed by atoms with Gasteiger partial charge in [-0.25, -0.2) is 9.97 Å². The zero-order chi connectivity index (χ0) is 24.2. The Hall–Kier alpha value is -4.00. The second-order valence-corrected chi connectivity index (χ2v) is 9.01. The van der Waals surface area contributed by atoms with E-state index in [4.69, 9.17) is 4.74 Å². The molecule has 7 heteroatoms.